The number of carbonyl (C=O) groups is 1. The van der Waals surface area contributed by atoms with Gasteiger partial charge in [0, 0.05) is 6.42 Å². The molecule has 0 aliphatic heterocycles. The lowest BCUT2D eigenvalue weighted by molar-refractivity contribution is -0.114. The SMILES string of the molecule is CCCCCCCCC/C=C/C(=O)CCc1ccccc1. The van der Waals surface area contributed by atoms with E-state index in [2.05, 4.69) is 25.1 Å². The fourth-order valence-electron chi connectivity index (χ4n) is 2.43. The van der Waals surface area contributed by atoms with Gasteiger partial charge < -0.3 is 0 Å². The third-order valence-electron chi connectivity index (χ3n) is 3.78. The lowest BCUT2D eigenvalue weighted by Crippen LogP contribution is -1.95. The molecule has 0 spiro atoms. The van der Waals surface area contributed by atoms with Crippen molar-refractivity contribution in [3.8, 4) is 0 Å². The van der Waals surface area contributed by atoms with Crippen LogP contribution >= 0.6 is 0 Å². The summed E-state index contributed by atoms with van der Waals surface area (Å²) in [5.74, 6) is 0.252. The highest BCUT2D eigenvalue weighted by Crippen LogP contribution is 2.09. The van der Waals surface area contributed by atoms with Crippen LogP contribution in [0.15, 0.2) is 42.5 Å². The maximum atomic E-state index is 11.7. The molecule has 0 aliphatic rings. The molecule has 0 heterocycles. The lowest BCUT2D eigenvalue weighted by atomic mass is 10.1. The van der Waals surface area contributed by atoms with E-state index in [1.807, 2.05) is 18.2 Å². The molecule has 0 amide bonds. The zero-order valence-electron chi connectivity index (χ0n) is 13.5. The number of hydrogen-bond acceptors (Lipinski definition) is 1. The molecule has 0 saturated heterocycles. The van der Waals surface area contributed by atoms with Crippen LogP contribution in [0.1, 0.15) is 70.3 Å². The second kappa shape index (κ2) is 12.4. The molecule has 0 bridgehead atoms. The molecular formula is C20H30O. The topological polar surface area (TPSA) is 17.1 Å². The summed E-state index contributed by atoms with van der Waals surface area (Å²) in [6.45, 7) is 2.25. The molecule has 0 fully saturated rings. The van der Waals surface area contributed by atoms with Gasteiger partial charge in [-0.25, -0.2) is 0 Å². The smallest absolute Gasteiger partial charge is 0.155 e. The lowest BCUT2D eigenvalue weighted by Gasteiger charge is -1.99. The molecule has 1 aromatic rings. The van der Waals surface area contributed by atoms with Crippen molar-refractivity contribution in [2.45, 2.75) is 71.1 Å². The fraction of sp³-hybridized carbons (Fsp3) is 0.550. The molecule has 0 aliphatic carbocycles. The average Bonchev–Trinajstić information content (AvgIpc) is 2.52. The zero-order chi connectivity index (χ0) is 15.2. The minimum atomic E-state index is 0.252. The van der Waals surface area contributed by atoms with Crippen LogP contribution in [0.3, 0.4) is 0 Å². The van der Waals surface area contributed by atoms with Gasteiger partial charge in [-0.2, -0.15) is 0 Å². The summed E-state index contributed by atoms with van der Waals surface area (Å²) in [5.41, 5.74) is 1.24. The van der Waals surface area contributed by atoms with Crippen LogP contribution in [0.25, 0.3) is 0 Å². The van der Waals surface area contributed by atoms with E-state index in [4.69, 9.17) is 0 Å². The monoisotopic (exact) mass is 286 g/mol. The molecule has 0 radical (unpaired) electrons. The fourth-order valence-corrected chi connectivity index (χ4v) is 2.43. The predicted molar refractivity (Wildman–Crippen MR) is 91.5 cm³/mol. The van der Waals surface area contributed by atoms with Crippen LogP contribution in [-0.4, -0.2) is 5.78 Å². The summed E-state index contributed by atoms with van der Waals surface area (Å²) in [6.07, 6.45) is 15.6. The maximum absolute atomic E-state index is 11.7. The first-order chi connectivity index (χ1) is 10.3. The minimum absolute atomic E-state index is 0.252. The van der Waals surface area contributed by atoms with Gasteiger partial charge in [-0.3, -0.25) is 4.79 Å². The van der Waals surface area contributed by atoms with Crippen molar-refractivity contribution in [2.75, 3.05) is 0 Å². The number of carbonyl (C=O) groups excluding carboxylic acids is 1. The summed E-state index contributed by atoms with van der Waals surface area (Å²) in [6, 6.07) is 10.2. The Morgan fingerprint density at radius 3 is 2.33 bits per heavy atom. The predicted octanol–water partition coefficient (Wildman–Crippen LogP) is 5.89. The molecule has 0 aromatic heterocycles. The third kappa shape index (κ3) is 10.1. The van der Waals surface area contributed by atoms with Gasteiger partial charge in [-0.05, 0) is 30.9 Å². The zero-order valence-corrected chi connectivity index (χ0v) is 13.5. The first kappa shape index (κ1) is 17.7. The largest absolute Gasteiger partial charge is 0.295 e. The Hall–Kier alpha value is -1.37. The van der Waals surface area contributed by atoms with Crippen LogP contribution in [-0.2, 0) is 11.2 Å². The average molecular weight is 286 g/mol. The summed E-state index contributed by atoms with van der Waals surface area (Å²) in [5, 5.41) is 0. The van der Waals surface area contributed by atoms with Crippen molar-refractivity contribution in [1.82, 2.24) is 0 Å². The molecule has 116 valence electrons. The normalized spacial score (nSPS) is 11.1. The highest BCUT2D eigenvalue weighted by atomic mass is 16.1. The molecule has 1 aromatic carbocycles. The number of aryl methyl sites for hydroxylation is 1. The van der Waals surface area contributed by atoms with Gasteiger partial charge in [0.15, 0.2) is 5.78 Å². The number of unbranched alkanes of at least 4 members (excludes halogenated alkanes) is 7. The van der Waals surface area contributed by atoms with E-state index in [1.165, 1.54) is 50.5 Å². The quantitative estimate of drug-likeness (QED) is 0.346. The van der Waals surface area contributed by atoms with Gasteiger partial charge in [0.25, 0.3) is 0 Å². The maximum Gasteiger partial charge on any atom is 0.155 e. The molecule has 1 nitrogen and oxygen atoms in total. The van der Waals surface area contributed by atoms with Crippen molar-refractivity contribution in [3.05, 3.63) is 48.0 Å². The Bertz CT molecular complexity index is 392. The molecule has 0 atom stereocenters. The van der Waals surface area contributed by atoms with Crippen LogP contribution in [0.4, 0.5) is 0 Å². The van der Waals surface area contributed by atoms with Crippen LogP contribution in [0, 0.1) is 0 Å². The Morgan fingerprint density at radius 2 is 1.62 bits per heavy atom. The summed E-state index contributed by atoms with van der Waals surface area (Å²) >= 11 is 0. The van der Waals surface area contributed by atoms with Gasteiger partial charge in [-0.1, -0.05) is 81.9 Å². The van der Waals surface area contributed by atoms with E-state index in [-0.39, 0.29) is 5.78 Å². The molecule has 1 rings (SSSR count). The van der Waals surface area contributed by atoms with E-state index in [9.17, 15) is 4.79 Å². The molecule has 1 heteroatoms. The number of rotatable bonds is 12. The Kier molecular flexibility index (Phi) is 10.4. The minimum Gasteiger partial charge on any atom is -0.295 e. The molecule has 0 saturated carbocycles. The molecular weight excluding hydrogens is 256 g/mol. The third-order valence-corrected chi connectivity index (χ3v) is 3.78. The first-order valence-corrected chi connectivity index (χ1v) is 8.56. The molecule has 0 unspecified atom stereocenters. The molecule has 21 heavy (non-hydrogen) atoms. The van der Waals surface area contributed by atoms with Crippen molar-refractivity contribution < 1.29 is 4.79 Å². The Morgan fingerprint density at radius 1 is 0.952 bits per heavy atom. The van der Waals surface area contributed by atoms with E-state index < -0.39 is 0 Å². The number of hydrogen-bond donors (Lipinski definition) is 0. The van der Waals surface area contributed by atoms with E-state index in [0.717, 1.165) is 12.8 Å². The number of allylic oxidation sites excluding steroid dienone is 2. The van der Waals surface area contributed by atoms with Gasteiger partial charge in [0.2, 0.25) is 0 Å². The standard InChI is InChI=1S/C20H30O/c1-2-3-4-5-6-7-8-9-13-16-20(21)18-17-19-14-11-10-12-15-19/h10-16H,2-9,17-18H2,1H3/b16-13+. The van der Waals surface area contributed by atoms with Gasteiger partial charge >= 0.3 is 0 Å². The van der Waals surface area contributed by atoms with Gasteiger partial charge in [0.1, 0.15) is 0 Å². The summed E-state index contributed by atoms with van der Waals surface area (Å²) < 4.78 is 0. The van der Waals surface area contributed by atoms with Crippen LogP contribution in [0.2, 0.25) is 0 Å². The first-order valence-electron chi connectivity index (χ1n) is 8.56. The summed E-state index contributed by atoms with van der Waals surface area (Å²) in [4.78, 5) is 11.7. The van der Waals surface area contributed by atoms with Crippen molar-refractivity contribution in [2.24, 2.45) is 0 Å². The highest BCUT2D eigenvalue weighted by molar-refractivity contribution is 5.89. The van der Waals surface area contributed by atoms with Gasteiger partial charge in [-0.15, -0.1) is 0 Å². The van der Waals surface area contributed by atoms with Crippen LogP contribution < -0.4 is 0 Å². The highest BCUT2D eigenvalue weighted by Gasteiger charge is 1.98. The summed E-state index contributed by atoms with van der Waals surface area (Å²) in [7, 11) is 0. The number of benzene rings is 1. The van der Waals surface area contributed by atoms with Crippen LogP contribution in [0.5, 0.6) is 0 Å². The van der Waals surface area contributed by atoms with E-state index in [0.29, 0.717) is 6.42 Å². The second-order valence-electron chi connectivity index (χ2n) is 5.76. The number of ketones is 1. The second-order valence-corrected chi connectivity index (χ2v) is 5.76. The van der Waals surface area contributed by atoms with E-state index in [1.54, 1.807) is 6.08 Å². The van der Waals surface area contributed by atoms with Gasteiger partial charge in [0.05, 0.1) is 0 Å². The van der Waals surface area contributed by atoms with Crippen molar-refractivity contribution in [3.63, 3.8) is 0 Å². The van der Waals surface area contributed by atoms with Crippen molar-refractivity contribution in [1.29, 1.82) is 0 Å². The Labute approximate surface area is 130 Å². The molecule has 0 N–H and O–H groups in total. The van der Waals surface area contributed by atoms with Crippen molar-refractivity contribution >= 4 is 5.78 Å². The van der Waals surface area contributed by atoms with E-state index >= 15 is 0 Å². The Balaban J connectivity index is 1.99.